The summed E-state index contributed by atoms with van der Waals surface area (Å²) in [6.45, 7) is 2.97. The van der Waals surface area contributed by atoms with Crippen LogP contribution in [0.25, 0.3) is 0 Å². The third kappa shape index (κ3) is 4.40. The van der Waals surface area contributed by atoms with E-state index in [2.05, 4.69) is 24.4 Å². The minimum atomic E-state index is -1.54. The van der Waals surface area contributed by atoms with Crippen molar-refractivity contribution in [3.63, 3.8) is 0 Å². The summed E-state index contributed by atoms with van der Waals surface area (Å²) in [7, 11) is 0.00997. The molecule has 0 radical (unpaired) electrons. The largest absolute Gasteiger partial charge is 0.495 e. The van der Waals surface area contributed by atoms with Crippen LogP contribution in [0.2, 0.25) is 0 Å². The van der Waals surface area contributed by atoms with Gasteiger partial charge < -0.3 is 10.1 Å². The van der Waals surface area contributed by atoms with E-state index >= 15 is 0 Å². The monoisotopic (exact) mass is 318 g/mol. The van der Waals surface area contributed by atoms with Crippen molar-refractivity contribution >= 4 is 11.0 Å². The molecule has 0 aliphatic rings. The van der Waals surface area contributed by atoms with Gasteiger partial charge in [-0.3, -0.25) is 0 Å². The van der Waals surface area contributed by atoms with Crippen LogP contribution in [0.5, 0.6) is 5.75 Å². The summed E-state index contributed by atoms with van der Waals surface area (Å²) >= 11 is 0. The van der Waals surface area contributed by atoms with Gasteiger partial charge in [-0.05, 0) is 43.1 Å². The van der Waals surface area contributed by atoms with Crippen LogP contribution in [0.3, 0.4) is 0 Å². The van der Waals surface area contributed by atoms with Crippen molar-refractivity contribution in [3.05, 3.63) is 59.7 Å². The highest BCUT2D eigenvalue weighted by Gasteiger charge is 2.09. The van der Waals surface area contributed by atoms with Gasteiger partial charge in [-0.1, -0.05) is 36.4 Å². The van der Waals surface area contributed by atoms with Crippen molar-refractivity contribution in [2.45, 2.75) is 24.3 Å². The molecule has 3 N–H and O–H groups in total. The first-order valence-electron chi connectivity index (χ1n) is 7.23. The molecule has 0 saturated carbocycles. The molecule has 1 unspecified atom stereocenters. The van der Waals surface area contributed by atoms with Crippen LogP contribution in [0.4, 0.5) is 0 Å². The number of nitrogens with two attached hydrogens (primary N) is 1. The summed E-state index contributed by atoms with van der Waals surface area (Å²) in [5.74, 6) is 0.565. The number of rotatable bonds is 7. The lowest BCUT2D eigenvalue weighted by Crippen LogP contribution is -2.21. The van der Waals surface area contributed by atoms with Gasteiger partial charge in [0.1, 0.15) is 16.7 Å². The normalized spacial score (nSPS) is 13.6. The Morgan fingerprint density at radius 3 is 2.59 bits per heavy atom. The van der Waals surface area contributed by atoms with Crippen molar-refractivity contribution in [2.75, 3.05) is 13.7 Å². The molecule has 2 aromatic rings. The number of hydrogen-bond donors (Lipinski definition) is 2. The maximum Gasteiger partial charge on any atom is 0.136 e. The van der Waals surface area contributed by atoms with Crippen molar-refractivity contribution in [2.24, 2.45) is 5.14 Å². The Kier molecular flexibility index (Phi) is 6.12. The van der Waals surface area contributed by atoms with Crippen LogP contribution in [-0.2, 0) is 17.4 Å². The predicted octanol–water partition coefficient (Wildman–Crippen LogP) is 2.57. The summed E-state index contributed by atoms with van der Waals surface area (Å²) in [4.78, 5) is 0.538. The third-order valence-corrected chi connectivity index (χ3v) is 4.36. The van der Waals surface area contributed by atoms with Gasteiger partial charge in [0, 0.05) is 6.04 Å². The fourth-order valence-electron chi connectivity index (χ4n) is 2.33. The minimum Gasteiger partial charge on any atom is -0.495 e. The average molecular weight is 318 g/mol. The fourth-order valence-corrected chi connectivity index (χ4v) is 2.94. The van der Waals surface area contributed by atoms with E-state index in [0.29, 0.717) is 16.7 Å². The van der Waals surface area contributed by atoms with Gasteiger partial charge in [-0.2, -0.15) is 0 Å². The Hall–Kier alpha value is -1.69. The number of nitrogens with one attached hydrogen (secondary N) is 1. The zero-order chi connectivity index (χ0) is 15.9. The first kappa shape index (κ1) is 16.7. The van der Waals surface area contributed by atoms with E-state index in [-0.39, 0.29) is 0 Å². The van der Waals surface area contributed by atoms with Gasteiger partial charge in [0.15, 0.2) is 0 Å². The number of ether oxygens (including phenoxy) is 1. The molecule has 0 aliphatic carbocycles. The van der Waals surface area contributed by atoms with Crippen molar-refractivity contribution in [1.82, 2.24) is 5.32 Å². The van der Waals surface area contributed by atoms with E-state index < -0.39 is 11.0 Å². The molecule has 118 valence electrons. The molecule has 0 aliphatic heterocycles. The molecule has 5 heteroatoms. The molecule has 0 amide bonds. The van der Waals surface area contributed by atoms with Gasteiger partial charge in [-0.25, -0.2) is 9.35 Å². The molecule has 0 saturated heterocycles. The van der Waals surface area contributed by atoms with Gasteiger partial charge >= 0.3 is 0 Å². The lowest BCUT2D eigenvalue weighted by atomic mass is 10.1. The highest BCUT2D eigenvalue weighted by molar-refractivity contribution is 7.82. The van der Waals surface area contributed by atoms with Crippen molar-refractivity contribution < 1.29 is 8.95 Å². The van der Waals surface area contributed by atoms with E-state index in [9.17, 15) is 4.21 Å². The minimum absolute atomic E-state index is 0.294. The predicted molar refractivity (Wildman–Crippen MR) is 90.2 cm³/mol. The van der Waals surface area contributed by atoms with Gasteiger partial charge in [0.05, 0.1) is 12.0 Å². The van der Waals surface area contributed by atoms with Crippen molar-refractivity contribution in [1.29, 1.82) is 0 Å². The van der Waals surface area contributed by atoms with E-state index in [1.807, 2.05) is 36.4 Å². The molecule has 2 aromatic carbocycles. The standard InChI is InChI=1S/C17H22N2O2S/c1-13(15-6-4-3-5-7-15)19-11-10-14-8-9-16(21-2)17(12-14)22(18)20/h3-9,12-13,19H,10-11,18H2,1-2H3/t13-,22?/m1/s1. The summed E-state index contributed by atoms with van der Waals surface area (Å²) in [6, 6.07) is 16.3. The molecular weight excluding hydrogens is 296 g/mol. The topological polar surface area (TPSA) is 64.3 Å². The first-order chi connectivity index (χ1) is 10.6. The van der Waals surface area contributed by atoms with E-state index in [4.69, 9.17) is 9.88 Å². The average Bonchev–Trinajstić information content (AvgIpc) is 2.55. The Morgan fingerprint density at radius 2 is 1.95 bits per heavy atom. The van der Waals surface area contributed by atoms with Crippen LogP contribution in [0.1, 0.15) is 24.1 Å². The molecule has 0 spiro atoms. The molecule has 4 nitrogen and oxygen atoms in total. The zero-order valence-corrected chi connectivity index (χ0v) is 13.7. The van der Waals surface area contributed by atoms with E-state index in [1.54, 1.807) is 7.11 Å². The van der Waals surface area contributed by atoms with Crippen LogP contribution >= 0.6 is 0 Å². The number of hydrogen-bond acceptors (Lipinski definition) is 3. The molecule has 22 heavy (non-hydrogen) atoms. The van der Waals surface area contributed by atoms with E-state index in [1.165, 1.54) is 5.56 Å². The van der Waals surface area contributed by atoms with Crippen LogP contribution in [-0.4, -0.2) is 17.9 Å². The van der Waals surface area contributed by atoms with Crippen LogP contribution < -0.4 is 15.2 Å². The molecular formula is C17H22N2O2S. The molecule has 2 atom stereocenters. The molecule has 0 heterocycles. The summed E-state index contributed by atoms with van der Waals surface area (Å²) in [5, 5.41) is 8.97. The highest BCUT2D eigenvalue weighted by atomic mass is 32.2. The van der Waals surface area contributed by atoms with Crippen molar-refractivity contribution in [3.8, 4) is 5.75 Å². The van der Waals surface area contributed by atoms with Crippen LogP contribution in [0.15, 0.2) is 53.4 Å². The molecule has 0 fully saturated rings. The van der Waals surface area contributed by atoms with E-state index in [0.717, 1.165) is 18.5 Å². The van der Waals surface area contributed by atoms with Crippen LogP contribution in [0, 0.1) is 0 Å². The Morgan fingerprint density at radius 1 is 1.23 bits per heavy atom. The lowest BCUT2D eigenvalue weighted by Gasteiger charge is -2.14. The Labute approximate surface area is 134 Å². The third-order valence-electron chi connectivity index (χ3n) is 3.61. The smallest absolute Gasteiger partial charge is 0.136 e. The quantitative estimate of drug-likeness (QED) is 0.824. The second kappa shape index (κ2) is 8.08. The number of benzene rings is 2. The lowest BCUT2D eigenvalue weighted by molar-refractivity contribution is 0.403. The summed E-state index contributed by atoms with van der Waals surface area (Å²) in [5.41, 5.74) is 2.35. The second-order valence-corrected chi connectivity index (χ2v) is 6.15. The molecule has 2 rings (SSSR count). The van der Waals surface area contributed by atoms with Gasteiger partial charge in [0.2, 0.25) is 0 Å². The molecule has 0 aromatic heterocycles. The van der Waals surface area contributed by atoms with Gasteiger partial charge in [0.25, 0.3) is 0 Å². The Bertz CT molecular complexity index is 632. The maximum atomic E-state index is 11.5. The highest BCUT2D eigenvalue weighted by Crippen LogP contribution is 2.22. The fraction of sp³-hybridized carbons (Fsp3) is 0.294. The second-order valence-electron chi connectivity index (χ2n) is 5.12. The summed E-state index contributed by atoms with van der Waals surface area (Å²) < 4.78 is 16.7. The first-order valence-corrected chi connectivity index (χ1v) is 8.44. The zero-order valence-electron chi connectivity index (χ0n) is 12.9. The SMILES string of the molecule is COc1ccc(CCN[C@H](C)c2ccccc2)cc1S(N)=O. The van der Waals surface area contributed by atoms with Gasteiger partial charge in [-0.15, -0.1) is 0 Å². The maximum absolute atomic E-state index is 11.5. The summed E-state index contributed by atoms with van der Waals surface area (Å²) in [6.07, 6.45) is 0.839. The Balaban J connectivity index is 1.94. The number of methoxy groups -OCH3 is 1. The molecule has 0 bridgehead atoms.